The van der Waals surface area contributed by atoms with Crippen LogP contribution in [0.2, 0.25) is 0 Å². The van der Waals surface area contributed by atoms with Gasteiger partial charge >= 0.3 is 12.3 Å². The van der Waals surface area contributed by atoms with Gasteiger partial charge in [-0.2, -0.15) is 0 Å². The number of rotatable bonds is 0. The number of ether oxygens (including phenoxy) is 5. The third kappa shape index (κ3) is 3.52. The number of hydrogen-bond donors (Lipinski definition) is 0. The molecule has 8 heteroatoms. The van der Waals surface area contributed by atoms with Crippen molar-refractivity contribution in [3.8, 4) is 11.5 Å². The second-order valence-corrected chi connectivity index (χ2v) is 11.7. The van der Waals surface area contributed by atoms with Crippen LogP contribution in [0, 0.1) is 10.8 Å². The SMILES string of the molecule is CC(C)(C)C1OC2(OC1C(C)(C)C)c1ccccc1Sc1c2ccc2c1OC(=O)OC(=O)O2. The molecule has 1 fully saturated rings. The molecule has 1 saturated heterocycles. The van der Waals surface area contributed by atoms with Gasteiger partial charge in [0.1, 0.15) is 0 Å². The quantitative estimate of drug-likeness (QED) is 0.254. The largest absolute Gasteiger partial charge is 0.524 e. The van der Waals surface area contributed by atoms with E-state index in [1.165, 1.54) is 11.8 Å². The van der Waals surface area contributed by atoms with Crippen molar-refractivity contribution in [2.24, 2.45) is 10.8 Å². The lowest BCUT2D eigenvalue weighted by Crippen LogP contribution is -2.42. The van der Waals surface area contributed by atoms with Gasteiger partial charge in [-0.05, 0) is 29.0 Å². The highest BCUT2D eigenvalue weighted by molar-refractivity contribution is 7.99. The summed E-state index contributed by atoms with van der Waals surface area (Å²) in [4.78, 5) is 25.3. The standard InChI is InChI=1S/C25H26O7S/c1-23(2,3)19-20(24(4,5)6)32-25(31-19)13-9-7-8-10-16(13)33-18-14(25)11-12-15-17(18)29-22(27)30-21(26)28-15/h7-12,19-20H,1-6H3. The summed E-state index contributed by atoms with van der Waals surface area (Å²) in [5.41, 5.74) is 1.17. The Morgan fingerprint density at radius 2 is 1.36 bits per heavy atom. The number of fused-ring (bicyclic) bond motifs is 6. The summed E-state index contributed by atoms with van der Waals surface area (Å²) in [7, 11) is 0. The summed E-state index contributed by atoms with van der Waals surface area (Å²) in [6.07, 6.45) is -2.72. The normalized spacial score (nSPS) is 26.5. The lowest BCUT2D eigenvalue weighted by atomic mass is 9.76. The molecule has 0 aromatic heterocycles. The van der Waals surface area contributed by atoms with Crippen molar-refractivity contribution in [3.63, 3.8) is 0 Å². The molecule has 1 spiro atoms. The maximum Gasteiger partial charge on any atom is 0.524 e. The minimum Gasteiger partial charge on any atom is -0.391 e. The topological polar surface area (TPSA) is 80.3 Å². The lowest BCUT2D eigenvalue weighted by molar-refractivity contribution is -0.168. The average Bonchev–Trinajstić information content (AvgIpc) is 3.05. The molecule has 5 rings (SSSR count). The molecule has 3 aliphatic heterocycles. The Morgan fingerprint density at radius 1 is 0.758 bits per heavy atom. The van der Waals surface area contributed by atoms with E-state index in [1.54, 1.807) is 12.1 Å². The maximum absolute atomic E-state index is 12.1. The fraction of sp³-hybridized carbons (Fsp3) is 0.440. The smallest absolute Gasteiger partial charge is 0.391 e. The molecule has 0 bridgehead atoms. The van der Waals surface area contributed by atoms with Crippen molar-refractivity contribution in [1.82, 2.24) is 0 Å². The van der Waals surface area contributed by atoms with Crippen LogP contribution >= 0.6 is 11.8 Å². The molecule has 33 heavy (non-hydrogen) atoms. The van der Waals surface area contributed by atoms with Gasteiger partial charge in [0, 0.05) is 16.0 Å². The van der Waals surface area contributed by atoms with Crippen LogP contribution in [0.3, 0.4) is 0 Å². The van der Waals surface area contributed by atoms with Crippen molar-refractivity contribution < 1.29 is 33.3 Å². The van der Waals surface area contributed by atoms with Crippen LogP contribution in [0.15, 0.2) is 46.2 Å². The minimum atomic E-state index is -1.22. The van der Waals surface area contributed by atoms with Crippen LogP contribution in [0.4, 0.5) is 9.59 Å². The first kappa shape index (κ1) is 22.3. The Balaban J connectivity index is 1.75. The molecule has 3 heterocycles. The molecule has 0 N–H and O–H groups in total. The molecule has 0 amide bonds. The minimum absolute atomic E-state index is 0.101. The fourth-order valence-electron chi connectivity index (χ4n) is 4.47. The molecule has 174 valence electrons. The first-order chi connectivity index (χ1) is 15.4. The molecule has 2 unspecified atom stereocenters. The molecule has 2 atom stereocenters. The summed E-state index contributed by atoms with van der Waals surface area (Å²) in [6, 6.07) is 11.2. The Bertz CT molecular complexity index is 1140. The fourth-order valence-corrected chi connectivity index (χ4v) is 5.70. The van der Waals surface area contributed by atoms with Crippen molar-refractivity contribution in [2.75, 3.05) is 0 Å². The van der Waals surface area contributed by atoms with Gasteiger partial charge in [0.05, 0.1) is 17.1 Å². The zero-order valence-electron chi connectivity index (χ0n) is 19.4. The lowest BCUT2D eigenvalue weighted by Gasteiger charge is -2.37. The first-order valence-electron chi connectivity index (χ1n) is 10.8. The monoisotopic (exact) mass is 470 g/mol. The van der Waals surface area contributed by atoms with E-state index in [9.17, 15) is 9.59 Å². The molecule has 2 aromatic rings. The molecule has 0 aliphatic carbocycles. The zero-order valence-corrected chi connectivity index (χ0v) is 20.2. The van der Waals surface area contributed by atoms with E-state index in [2.05, 4.69) is 46.3 Å². The Morgan fingerprint density at radius 3 is 2.00 bits per heavy atom. The van der Waals surface area contributed by atoms with E-state index in [-0.39, 0.29) is 34.5 Å². The summed E-state index contributed by atoms with van der Waals surface area (Å²) >= 11 is 1.40. The first-order valence-corrected chi connectivity index (χ1v) is 11.6. The van der Waals surface area contributed by atoms with Crippen molar-refractivity contribution in [3.05, 3.63) is 47.5 Å². The molecule has 2 aromatic carbocycles. The highest BCUT2D eigenvalue weighted by Crippen LogP contribution is 2.60. The molecular weight excluding hydrogens is 444 g/mol. The summed E-state index contributed by atoms with van der Waals surface area (Å²) in [5.74, 6) is -1.00. The van der Waals surface area contributed by atoms with Crippen LogP contribution in [-0.4, -0.2) is 24.5 Å². The van der Waals surface area contributed by atoms with Crippen molar-refractivity contribution >= 4 is 24.1 Å². The second-order valence-electron chi connectivity index (χ2n) is 10.6. The highest BCUT2D eigenvalue weighted by Gasteiger charge is 2.59. The van der Waals surface area contributed by atoms with Crippen molar-refractivity contribution in [1.29, 1.82) is 0 Å². The van der Waals surface area contributed by atoms with Gasteiger partial charge in [-0.3, -0.25) is 0 Å². The third-order valence-corrected chi connectivity index (χ3v) is 7.18. The van der Waals surface area contributed by atoms with Gasteiger partial charge in [-0.1, -0.05) is 71.5 Å². The predicted molar refractivity (Wildman–Crippen MR) is 120 cm³/mol. The Hall–Kier alpha value is -2.55. The highest BCUT2D eigenvalue weighted by atomic mass is 32.2. The summed E-state index contributed by atoms with van der Waals surface area (Å²) in [5, 5.41) is 0. The molecular formula is C25H26O7S. The summed E-state index contributed by atoms with van der Waals surface area (Å²) in [6.45, 7) is 12.8. The van der Waals surface area contributed by atoms with Gasteiger partial charge in [-0.25, -0.2) is 9.59 Å². The van der Waals surface area contributed by atoms with Gasteiger partial charge in [-0.15, -0.1) is 0 Å². The van der Waals surface area contributed by atoms with Gasteiger partial charge < -0.3 is 23.7 Å². The van der Waals surface area contributed by atoms with Crippen LogP contribution in [-0.2, 0) is 20.0 Å². The molecule has 0 saturated carbocycles. The van der Waals surface area contributed by atoms with Gasteiger partial charge in [0.2, 0.25) is 5.79 Å². The third-order valence-electron chi connectivity index (χ3n) is 6.00. The van der Waals surface area contributed by atoms with E-state index in [4.69, 9.17) is 18.9 Å². The number of carbonyl (C=O) groups excluding carboxylic acids is 2. The molecule has 0 radical (unpaired) electrons. The predicted octanol–water partition coefficient (Wildman–Crippen LogP) is 6.26. The van der Waals surface area contributed by atoms with Crippen LogP contribution < -0.4 is 9.47 Å². The van der Waals surface area contributed by atoms with E-state index < -0.39 is 18.1 Å². The van der Waals surface area contributed by atoms with Crippen LogP contribution in [0.25, 0.3) is 0 Å². The van der Waals surface area contributed by atoms with Crippen molar-refractivity contribution in [2.45, 2.75) is 69.3 Å². The Labute approximate surface area is 196 Å². The number of benzene rings is 2. The maximum atomic E-state index is 12.1. The second kappa shape index (κ2) is 7.22. The summed E-state index contributed by atoms with van der Waals surface area (Å²) < 4.78 is 28.9. The van der Waals surface area contributed by atoms with E-state index in [1.807, 2.05) is 24.3 Å². The van der Waals surface area contributed by atoms with E-state index in [0.29, 0.717) is 10.5 Å². The van der Waals surface area contributed by atoms with Crippen LogP contribution in [0.5, 0.6) is 11.5 Å². The van der Waals surface area contributed by atoms with Gasteiger partial charge in [0.15, 0.2) is 11.5 Å². The number of hydrogen-bond acceptors (Lipinski definition) is 8. The van der Waals surface area contributed by atoms with Gasteiger partial charge in [0.25, 0.3) is 0 Å². The zero-order chi connectivity index (χ0) is 23.8. The number of cyclic esters (lactones) is 2. The van der Waals surface area contributed by atoms with E-state index in [0.717, 1.165) is 10.5 Å². The molecule has 7 nitrogen and oxygen atoms in total. The van der Waals surface area contributed by atoms with E-state index >= 15 is 0 Å². The van der Waals surface area contributed by atoms with Crippen LogP contribution in [0.1, 0.15) is 52.7 Å². The number of carbonyl (C=O) groups is 2. The molecule has 3 aliphatic rings. The average molecular weight is 471 g/mol. The Kier molecular flexibility index (Phi) is 4.87.